The number of anilines is 1. The van der Waals surface area contributed by atoms with Gasteiger partial charge in [0.25, 0.3) is 0 Å². The number of benzene rings is 1. The second-order valence-electron chi connectivity index (χ2n) is 7.11. The van der Waals surface area contributed by atoms with E-state index in [1.807, 2.05) is 13.8 Å². The van der Waals surface area contributed by atoms with Crippen molar-refractivity contribution >= 4 is 46.4 Å². The fourth-order valence-electron chi connectivity index (χ4n) is 3.53. The molecule has 4 rings (SSSR count). The minimum atomic E-state index is -0.177. The number of rotatable bonds is 5. The maximum absolute atomic E-state index is 12.0. The van der Waals surface area contributed by atoms with Crippen LogP contribution in [0.2, 0.25) is 10.0 Å². The Morgan fingerprint density at radius 2 is 2.13 bits per heavy atom. The van der Waals surface area contributed by atoms with Crippen LogP contribution in [0.15, 0.2) is 54.3 Å². The quantitative estimate of drug-likeness (QED) is 0.645. The normalized spacial score (nSPS) is 17.9. The minimum absolute atomic E-state index is 0.177. The third-order valence-electron chi connectivity index (χ3n) is 5.13. The lowest BCUT2D eigenvalue weighted by atomic mass is 10.1. The second-order valence-corrected chi connectivity index (χ2v) is 7.96. The van der Waals surface area contributed by atoms with Crippen LogP contribution in [0.4, 0.5) is 10.6 Å². The number of hydrazine groups is 1. The molecule has 0 unspecified atom stereocenters. The predicted molar refractivity (Wildman–Crippen MR) is 122 cm³/mol. The number of halogens is 2. The Balaban J connectivity index is 1.76. The first kappa shape index (κ1) is 21.3. The highest BCUT2D eigenvalue weighted by molar-refractivity contribution is 6.35. The Labute approximate surface area is 190 Å². The minimum Gasteiger partial charge on any atom is -0.440 e. The van der Waals surface area contributed by atoms with Crippen molar-refractivity contribution in [1.82, 2.24) is 20.1 Å². The van der Waals surface area contributed by atoms with Gasteiger partial charge < -0.3 is 10.1 Å². The summed E-state index contributed by atoms with van der Waals surface area (Å²) in [5.41, 5.74) is 2.67. The van der Waals surface area contributed by atoms with Gasteiger partial charge in [-0.15, -0.1) is 5.10 Å². The van der Waals surface area contributed by atoms with Gasteiger partial charge in [-0.05, 0) is 37.1 Å². The van der Waals surface area contributed by atoms with E-state index in [0.717, 1.165) is 5.57 Å². The number of nitrogens with two attached hydrogens (primary N) is 1. The molecule has 2 amide bonds. The molecule has 0 aliphatic carbocycles. The number of aromatic nitrogens is 2. The van der Waals surface area contributed by atoms with Gasteiger partial charge in [-0.2, -0.15) is 0 Å². The number of ether oxygens (including phenoxy) is 1. The van der Waals surface area contributed by atoms with Crippen molar-refractivity contribution < 1.29 is 9.53 Å². The summed E-state index contributed by atoms with van der Waals surface area (Å²) in [4.78, 5) is 13.6. The van der Waals surface area contributed by atoms with Crippen LogP contribution in [0.25, 0.3) is 11.4 Å². The maximum atomic E-state index is 12.0. The van der Waals surface area contributed by atoms with Gasteiger partial charge in [-0.1, -0.05) is 36.7 Å². The molecule has 0 atom stereocenters. The van der Waals surface area contributed by atoms with Crippen LogP contribution in [-0.4, -0.2) is 33.9 Å². The number of carbonyl (C=O) groups excluding carboxylic acids is 1. The van der Waals surface area contributed by atoms with E-state index < -0.39 is 0 Å². The van der Waals surface area contributed by atoms with E-state index >= 15 is 0 Å². The molecule has 2 aromatic rings. The summed E-state index contributed by atoms with van der Waals surface area (Å²) >= 11 is 12.5. The number of hydrogen-bond acceptors (Lipinski definition) is 5. The number of allylic oxidation sites excluding steroid dienone is 3. The van der Waals surface area contributed by atoms with Crippen molar-refractivity contribution in [2.75, 3.05) is 18.0 Å². The molecule has 1 aromatic heterocycles. The summed E-state index contributed by atoms with van der Waals surface area (Å²) in [5, 5.41) is 9.77. The lowest BCUT2D eigenvalue weighted by Gasteiger charge is -2.20. The van der Waals surface area contributed by atoms with Crippen LogP contribution in [0.5, 0.6) is 0 Å². The van der Waals surface area contributed by atoms with E-state index in [1.54, 1.807) is 40.0 Å². The van der Waals surface area contributed by atoms with Crippen molar-refractivity contribution in [3.8, 4) is 0 Å². The fraction of sp³-hybridized carbons (Fsp3) is 0.238. The molecule has 0 saturated carbocycles. The van der Waals surface area contributed by atoms with Gasteiger partial charge in [-0.3, -0.25) is 4.90 Å². The van der Waals surface area contributed by atoms with Crippen molar-refractivity contribution in [2.45, 2.75) is 20.3 Å². The topological polar surface area (TPSA) is 88.7 Å². The number of hydrogen-bond donors (Lipinski definition) is 2. The van der Waals surface area contributed by atoms with Gasteiger partial charge in [-0.25, -0.2) is 20.3 Å². The van der Waals surface area contributed by atoms with Crippen molar-refractivity contribution in [3.63, 3.8) is 0 Å². The maximum Gasteiger partial charge on any atom is 0.323 e. The predicted octanol–water partition coefficient (Wildman–Crippen LogP) is 4.41. The Kier molecular flexibility index (Phi) is 5.70. The monoisotopic (exact) mass is 460 g/mol. The SMILES string of the molecule is C=C(CC)/C(=C1/OC(C)=C(c2ccc(Cl)cc2Cl)N1N)n1ccc(N2CCNC2=O)n1. The Morgan fingerprint density at radius 1 is 1.35 bits per heavy atom. The van der Waals surface area contributed by atoms with E-state index in [1.165, 1.54) is 5.01 Å². The van der Waals surface area contributed by atoms with Gasteiger partial charge in [0.1, 0.15) is 17.2 Å². The summed E-state index contributed by atoms with van der Waals surface area (Å²) in [6.45, 7) is 9.09. The first-order valence-electron chi connectivity index (χ1n) is 9.74. The molecule has 10 heteroatoms. The van der Waals surface area contributed by atoms with E-state index in [2.05, 4.69) is 17.0 Å². The molecule has 2 aliphatic heterocycles. The third kappa shape index (κ3) is 3.78. The van der Waals surface area contributed by atoms with Gasteiger partial charge >= 0.3 is 6.03 Å². The van der Waals surface area contributed by atoms with Crippen LogP contribution in [0, 0.1) is 0 Å². The fourth-order valence-corrected chi connectivity index (χ4v) is 4.03. The third-order valence-corrected chi connectivity index (χ3v) is 5.68. The van der Waals surface area contributed by atoms with Crippen LogP contribution in [0.3, 0.4) is 0 Å². The molecule has 162 valence electrons. The van der Waals surface area contributed by atoms with E-state index in [0.29, 0.717) is 64.0 Å². The molecule has 1 saturated heterocycles. The number of urea groups is 1. The highest BCUT2D eigenvalue weighted by Gasteiger charge is 2.32. The Bertz CT molecular complexity index is 1140. The molecule has 1 aromatic carbocycles. The standard InChI is InChI=1S/C21H22Cl2N6O2/c1-4-12(2)18(28-9-7-17(26-28)27-10-8-25-21(27)30)20-29(24)19(13(3)31-20)15-6-5-14(22)11-16(15)23/h5-7,9,11H,2,4,8,10,24H2,1,3H3,(H,25,30)/b20-18-. The number of nitrogens with zero attached hydrogens (tertiary/aromatic N) is 4. The van der Waals surface area contributed by atoms with Crippen LogP contribution >= 0.6 is 23.2 Å². The molecule has 0 spiro atoms. The van der Waals surface area contributed by atoms with Gasteiger partial charge in [0.05, 0.1) is 5.02 Å². The summed E-state index contributed by atoms with van der Waals surface area (Å²) in [6.07, 6.45) is 2.40. The average Bonchev–Trinajstić information content (AvgIpc) is 3.43. The van der Waals surface area contributed by atoms with E-state index in [9.17, 15) is 4.79 Å². The zero-order valence-electron chi connectivity index (χ0n) is 17.2. The van der Waals surface area contributed by atoms with Gasteiger partial charge in [0.15, 0.2) is 5.82 Å². The first-order valence-corrected chi connectivity index (χ1v) is 10.5. The Hall–Kier alpha value is -2.94. The van der Waals surface area contributed by atoms with E-state index in [4.69, 9.17) is 33.8 Å². The molecule has 8 nitrogen and oxygen atoms in total. The molecule has 3 N–H and O–H groups in total. The van der Waals surface area contributed by atoms with E-state index in [-0.39, 0.29) is 6.03 Å². The van der Waals surface area contributed by atoms with Gasteiger partial charge in [0, 0.05) is 35.9 Å². The number of amides is 2. The molecular weight excluding hydrogens is 439 g/mol. The lowest BCUT2D eigenvalue weighted by Crippen LogP contribution is -2.29. The average molecular weight is 461 g/mol. The smallest absolute Gasteiger partial charge is 0.323 e. The van der Waals surface area contributed by atoms with Gasteiger partial charge in [0.2, 0.25) is 5.88 Å². The molecule has 3 heterocycles. The summed E-state index contributed by atoms with van der Waals surface area (Å²) in [6, 6.07) is 6.78. The molecule has 1 fully saturated rings. The molecule has 0 radical (unpaired) electrons. The van der Waals surface area contributed by atoms with Crippen LogP contribution in [-0.2, 0) is 4.74 Å². The van der Waals surface area contributed by atoms with Crippen LogP contribution < -0.4 is 16.1 Å². The summed E-state index contributed by atoms with van der Waals surface area (Å²) in [5.74, 6) is 7.95. The molecule has 0 bridgehead atoms. The largest absolute Gasteiger partial charge is 0.440 e. The van der Waals surface area contributed by atoms with Crippen molar-refractivity contribution in [3.05, 3.63) is 69.9 Å². The summed E-state index contributed by atoms with van der Waals surface area (Å²) in [7, 11) is 0. The Morgan fingerprint density at radius 3 is 2.77 bits per heavy atom. The summed E-state index contributed by atoms with van der Waals surface area (Å²) < 4.78 is 7.70. The zero-order valence-corrected chi connectivity index (χ0v) is 18.7. The number of carbonyl (C=O) groups is 1. The highest BCUT2D eigenvalue weighted by atomic mass is 35.5. The second kappa shape index (κ2) is 8.30. The molecule has 2 aliphatic rings. The number of nitrogens with one attached hydrogen (secondary N) is 1. The lowest BCUT2D eigenvalue weighted by molar-refractivity contribution is 0.252. The first-order chi connectivity index (χ1) is 14.8. The molecular formula is C21H22Cl2N6O2. The van der Waals surface area contributed by atoms with Crippen LogP contribution in [0.1, 0.15) is 25.8 Å². The van der Waals surface area contributed by atoms with Crippen molar-refractivity contribution in [1.29, 1.82) is 0 Å². The molecule has 31 heavy (non-hydrogen) atoms. The highest BCUT2D eigenvalue weighted by Crippen LogP contribution is 2.40. The zero-order chi connectivity index (χ0) is 22.3. The van der Waals surface area contributed by atoms with Crippen molar-refractivity contribution in [2.24, 2.45) is 5.84 Å².